The van der Waals surface area contributed by atoms with Gasteiger partial charge < -0.3 is 9.32 Å². The number of piperazine rings is 1. The summed E-state index contributed by atoms with van der Waals surface area (Å²) in [5.41, 5.74) is 1.55. The van der Waals surface area contributed by atoms with Crippen LogP contribution in [0.3, 0.4) is 0 Å². The Morgan fingerprint density at radius 3 is 2.45 bits per heavy atom. The minimum Gasteiger partial charge on any atom is -0.447 e. The second-order valence-corrected chi connectivity index (χ2v) is 8.15. The van der Waals surface area contributed by atoms with Gasteiger partial charge in [0.25, 0.3) is 5.91 Å². The van der Waals surface area contributed by atoms with Crippen LogP contribution in [0.4, 0.5) is 4.39 Å². The number of carbonyl (C=O) groups is 1. The predicted octanol–water partition coefficient (Wildman–Crippen LogP) is 3.15. The van der Waals surface area contributed by atoms with E-state index in [0.717, 1.165) is 57.7 Å². The lowest BCUT2D eigenvalue weighted by atomic mass is 10.0. The molecule has 1 unspecified atom stereocenters. The number of aromatic nitrogens is 1. The average Bonchev–Trinajstić information content (AvgIpc) is 3.19. The van der Waals surface area contributed by atoms with Crippen molar-refractivity contribution in [3.63, 3.8) is 0 Å². The van der Waals surface area contributed by atoms with Crippen molar-refractivity contribution < 1.29 is 13.6 Å². The summed E-state index contributed by atoms with van der Waals surface area (Å²) in [4.78, 5) is 23.8. The van der Waals surface area contributed by atoms with E-state index in [-0.39, 0.29) is 17.8 Å². The summed E-state index contributed by atoms with van der Waals surface area (Å²) in [6, 6.07) is 6.98. The van der Waals surface area contributed by atoms with Crippen LogP contribution in [0, 0.1) is 5.82 Å². The third-order valence-electron chi connectivity index (χ3n) is 5.98. The quantitative estimate of drug-likeness (QED) is 0.772. The molecule has 3 heterocycles. The summed E-state index contributed by atoms with van der Waals surface area (Å²) in [6.45, 7) is 8.06. The third-order valence-corrected chi connectivity index (χ3v) is 5.98. The molecule has 0 spiro atoms. The molecule has 1 aromatic heterocycles. The van der Waals surface area contributed by atoms with Crippen LogP contribution < -0.4 is 0 Å². The van der Waals surface area contributed by atoms with Crippen LogP contribution in [0.5, 0.6) is 0 Å². The highest BCUT2D eigenvalue weighted by molar-refractivity contribution is 5.92. The molecule has 29 heavy (non-hydrogen) atoms. The van der Waals surface area contributed by atoms with Crippen molar-refractivity contribution in [3.8, 4) is 0 Å². The Hall–Kier alpha value is -2.25. The zero-order valence-electron chi connectivity index (χ0n) is 17.0. The monoisotopic (exact) mass is 400 g/mol. The third kappa shape index (κ3) is 5.03. The summed E-state index contributed by atoms with van der Waals surface area (Å²) in [5, 5.41) is 0. The highest BCUT2D eigenvalue weighted by Gasteiger charge is 2.27. The molecule has 2 aliphatic rings. The van der Waals surface area contributed by atoms with Crippen molar-refractivity contribution in [2.24, 2.45) is 0 Å². The van der Waals surface area contributed by atoms with Gasteiger partial charge in [0.1, 0.15) is 12.1 Å². The SMILES string of the molecule is CC1CCCCN1C(=O)c1coc(CN2CCN(Cc3ccc(F)cc3)CC2)n1. The number of carbonyl (C=O) groups excluding carboxylic acids is 1. The standard InChI is InChI=1S/C22H29FN4O2/c1-17-4-2-3-9-27(17)22(28)20-16-29-21(24-20)15-26-12-10-25(11-13-26)14-18-5-7-19(23)8-6-18/h5-8,16-17H,2-4,9-15H2,1H3. The molecule has 2 aliphatic heterocycles. The smallest absolute Gasteiger partial charge is 0.276 e. The minimum atomic E-state index is -0.197. The molecule has 7 heteroatoms. The number of nitrogens with zero attached hydrogens (tertiary/aromatic N) is 4. The molecule has 156 valence electrons. The molecule has 2 aromatic rings. The van der Waals surface area contributed by atoms with Gasteiger partial charge in [-0.15, -0.1) is 0 Å². The molecule has 0 N–H and O–H groups in total. The molecule has 4 rings (SSSR count). The van der Waals surface area contributed by atoms with E-state index in [4.69, 9.17) is 4.42 Å². The van der Waals surface area contributed by atoms with Gasteiger partial charge in [-0.3, -0.25) is 14.6 Å². The second kappa shape index (κ2) is 9.05. The first-order valence-corrected chi connectivity index (χ1v) is 10.5. The zero-order chi connectivity index (χ0) is 20.2. The molecular formula is C22H29FN4O2. The average molecular weight is 400 g/mol. The van der Waals surface area contributed by atoms with Crippen molar-refractivity contribution >= 4 is 5.91 Å². The topological polar surface area (TPSA) is 52.8 Å². The van der Waals surface area contributed by atoms with Crippen LogP contribution in [0.25, 0.3) is 0 Å². The lowest BCUT2D eigenvalue weighted by molar-refractivity contribution is 0.0629. The van der Waals surface area contributed by atoms with Gasteiger partial charge in [0.05, 0.1) is 6.54 Å². The van der Waals surface area contributed by atoms with Crippen molar-refractivity contribution in [2.45, 2.75) is 45.3 Å². The lowest BCUT2D eigenvalue weighted by Crippen LogP contribution is -2.45. The fraction of sp³-hybridized carbons (Fsp3) is 0.545. The summed E-state index contributed by atoms with van der Waals surface area (Å²) < 4.78 is 18.6. The number of benzene rings is 1. The Morgan fingerprint density at radius 1 is 1.07 bits per heavy atom. The van der Waals surface area contributed by atoms with Gasteiger partial charge in [0.15, 0.2) is 5.69 Å². The normalized spacial score (nSPS) is 21.4. The zero-order valence-corrected chi connectivity index (χ0v) is 17.0. The maximum atomic E-state index is 13.0. The van der Waals surface area contributed by atoms with Gasteiger partial charge in [-0.1, -0.05) is 12.1 Å². The van der Waals surface area contributed by atoms with E-state index in [1.165, 1.54) is 24.8 Å². The van der Waals surface area contributed by atoms with Crippen LogP contribution >= 0.6 is 0 Å². The molecule has 2 saturated heterocycles. The van der Waals surface area contributed by atoms with E-state index in [9.17, 15) is 9.18 Å². The number of oxazole rings is 1. The van der Waals surface area contributed by atoms with Crippen molar-refractivity contribution in [1.29, 1.82) is 0 Å². The summed E-state index contributed by atoms with van der Waals surface area (Å²) >= 11 is 0. The Balaban J connectivity index is 1.26. The molecule has 0 aliphatic carbocycles. The Bertz CT molecular complexity index is 814. The van der Waals surface area contributed by atoms with E-state index < -0.39 is 0 Å². The number of halogens is 1. The van der Waals surface area contributed by atoms with Gasteiger partial charge in [0, 0.05) is 45.3 Å². The largest absolute Gasteiger partial charge is 0.447 e. The predicted molar refractivity (Wildman–Crippen MR) is 108 cm³/mol. The lowest BCUT2D eigenvalue weighted by Gasteiger charge is -2.34. The van der Waals surface area contributed by atoms with Crippen LogP contribution in [-0.4, -0.2) is 64.4 Å². The van der Waals surface area contributed by atoms with Crippen LogP contribution in [0.15, 0.2) is 34.9 Å². The fourth-order valence-electron chi connectivity index (χ4n) is 4.17. The summed E-state index contributed by atoms with van der Waals surface area (Å²) in [6.07, 6.45) is 4.80. The minimum absolute atomic E-state index is 0.0173. The second-order valence-electron chi connectivity index (χ2n) is 8.15. The van der Waals surface area contributed by atoms with E-state index in [0.29, 0.717) is 18.1 Å². The molecule has 0 radical (unpaired) electrons. The van der Waals surface area contributed by atoms with E-state index in [1.54, 1.807) is 0 Å². The molecule has 0 saturated carbocycles. The summed E-state index contributed by atoms with van der Waals surface area (Å²) in [7, 11) is 0. The van der Waals surface area contributed by atoms with Crippen LogP contribution in [0.1, 0.15) is 48.1 Å². The highest BCUT2D eigenvalue weighted by Crippen LogP contribution is 2.19. The number of hydrogen-bond acceptors (Lipinski definition) is 5. The maximum absolute atomic E-state index is 13.0. The summed E-state index contributed by atoms with van der Waals surface area (Å²) in [5.74, 6) is 0.387. The maximum Gasteiger partial charge on any atom is 0.276 e. The van der Waals surface area contributed by atoms with Gasteiger partial charge in [0.2, 0.25) is 5.89 Å². The molecule has 1 aromatic carbocycles. The number of hydrogen-bond donors (Lipinski definition) is 0. The number of amides is 1. The Morgan fingerprint density at radius 2 is 1.76 bits per heavy atom. The van der Waals surface area contributed by atoms with Gasteiger partial charge in [-0.2, -0.15) is 0 Å². The first-order chi connectivity index (χ1) is 14.1. The van der Waals surface area contributed by atoms with Crippen molar-refractivity contribution in [2.75, 3.05) is 32.7 Å². The number of rotatable bonds is 5. The number of likely N-dealkylation sites (tertiary alicyclic amines) is 1. The highest BCUT2D eigenvalue weighted by atomic mass is 19.1. The van der Waals surface area contributed by atoms with Crippen LogP contribution in [0.2, 0.25) is 0 Å². The Labute approximate surface area is 171 Å². The van der Waals surface area contributed by atoms with Crippen LogP contribution in [-0.2, 0) is 13.1 Å². The van der Waals surface area contributed by atoms with Crippen molar-refractivity contribution in [3.05, 3.63) is 53.5 Å². The van der Waals surface area contributed by atoms with E-state index >= 15 is 0 Å². The van der Waals surface area contributed by atoms with Gasteiger partial charge in [-0.25, -0.2) is 9.37 Å². The van der Waals surface area contributed by atoms with Gasteiger partial charge >= 0.3 is 0 Å². The van der Waals surface area contributed by atoms with E-state index in [1.807, 2.05) is 17.0 Å². The molecule has 2 fully saturated rings. The molecule has 1 atom stereocenters. The van der Waals surface area contributed by atoms with E-state index in [2.05, 4.69) is 21.7 Å². The van der Waals surface area contributed by atoms with Crippen molar-refractivity contribution in [1.82, 2.24) is 19.7 Å². The molecule has 0 bridgehead atoms. The van der Waals surface area contributed by atoms with Gasteiger partial charge in [-0.05, 0) is 43.9 Å². The Kier molecular flexibility index (Phi) is 6.25. The molecule has 1 amide bonds. The molecular weight excluding hydrogens is 371 g/mol. The fourth-order valence-corrected chi connectivity index (χ4v) is 4.17. The molecule has 6 nitrogen and oxygen atoms in total. The number of piperidine rings is 1. The first-order valence-electron chi connectivity index (χ1n) is 10.5. The first kappa shape index (κ1) is 20.0.